The predicted molar refractivity (Wildman–Crippen MR) is 208 cm³/mol. The number of H-pyrrole nitrogens is 1. The number of nitrogens with zero attached hydrogens (tertiary/aromatic N) is 2. The molecule has 5 aromatic carbocycles. The maximum absolute atomic E-state index is 14.2. The number of fused-ring (bicyclic) bond motifs is 1. The third-order valence-electron chi connectivity index (χ3n) is 9.54. The molecular formula is C43H42N6O3. The Morgan fingerprint density at radius 2 is 1.44 bits per heavy atom. The number of hydrogen-bond acceptors (Lipinski definition) is 6. The Labute approximate surface area is 303 Å². The van der Waals surface area contributed by atoms with Gasteiger partial charge in [-0.25, -0.2) is 4.99 Å². The minimum atomic E-state index is -1.04. The minimum absolute atomic E-state index is 0.0363. The second kappa shape index (κ2) is 15.8. The second-order valence-corrected chi connectivity index (χ2v) is 13.2. The van der Waals surface area contributed by atoms with Gasteiger partial charge in [-0.15, -0.1) is 0 Å². The average Bonchev–Trinajstić information content (AvgIpc) is 3.50. The average molecular weight is 691 g/mol. The van der Waals surface area contributed by atoms with Gasteiger partial charge in [-0.1, -0.05) is 97.4 Å². The van der Waals surface area contributed by atoms with Crippen LogP contribution in [0.5, 0.6) is 5.88 Å². The minimum Gasteiger partial charge on any atom is -0.494 e. The highest BCUT2D eigenvalue weighted by molar-refractivity contribution is 6.22. The Morgan fingerprint density at radius 3 is 2.12 bits per heavy atom. The lowest BCUT2D eigenvalue weighted by atomic mass is 9.89. The molecule has 9 nitrogen and oxygen atoms in total. The summed E-state index contributed by atoms with van der Waals surface area (Å²) in [6.45, 7) is 3.17. The van der Waals surface area contributed by atoms with Crippen molar-refractivity contribution in [2.75, 3.05) is 23.7 Å². The van der Waals surface area contributed by atoms with E-state index in [0.717, 1.165) is 30.9 Å². The molecule has 1 fully saturated rings. The molecule has 6 N–H and O–H groups in total. The van der Waals surface area contributed by atoms with Gasteiger partial charge in [-0.05, 0) is 79.5 Å². The number of aromatic amines is 1. The molecule has 2 unspecified atom stereocenters. The lowest BCUT2D eigenvalue weighted by Gasteiger charge is -2.26. The predicted octanol–water partition coefficient (Wildman–Crippen LogP) is 7.72. The van der Waals surface area contributed by atoms with E-state index in [1.54, 1.807) is 24.3 Å². The van der Waals surface area contributed by atoms with Crippen molar-refractivity contribution >= 4 is 45.5 Å². The molecule has 9 heteroatoms. The number of rotatable bonds is 12. The fraction of sp³-hybridized carbons (Fsp3) is 0.186. The van der Waals surface area contributed by atoms with Gasteiger partial charge in [-0.2, -0.15) is 0 Å². The zero-order chi connectivity index (χ0) is 35.9. The van der Waals surface area contributed by atoms with Gasteiger partial charge in [0.1, 0.15) is 6.04 Å². The van der Waals surface area contributed by atoms with E-state index in [1.165, 1.54) is 24.8 Å². The van der Waals surface area contributed by atoms with E-state index in [9.17, 15) is 14.7 Å². The number of carbonyl (C=O) groups excluding carboxylic acids is 2. The Kier molecular flexibility index (Phi) is 10.4. The van der Waals surface area contributed by atoms with Crippen molar-refractivity contribution in [3.63, 3.8) is 0 Å². The number of anilines is 2. The van der Waals surface area contributed by atoms with Crippen LogP contribution in [0.2, 0.25) is 0 Å². The van der Waals surface area contributed by atoms with Crippen LogP contribution in [0.4, 0.5) is 17.1 Å². The number of aromatic hydroxyl groups is 1. The van der Waals surface area contributed by atoms with Crippen LogP contribution in [0.3, 0.4) is 0 Å². The first-order chi connectivity index (χ1) is 25.4. The number of primary amides is 1. The summed E-state index contributed by atoms with van der Waals surface area (Å²) in [6, 6.07) is 40.6. The third kappa shape index (κ3) is 7.90. The Hall–Kier alpha value is -6.19. The van der Waals surface area contributed by atoms with E-state index in [-0.39, 0.29) is 5.88 Å². The first-order valence-electron chi connectivity index (χ1n) is 17.7. The highest BCUT2D eigenvalue weighted by atomic mass is 16.3. The lowest BCUT2D eigenvalue weighted by Crippen LogP contribution is -2.45. The highest BCUT2D eigenvalue weighted by Gasteiger charge is 2.34. The van der Waals surface area contributed by atoms with Crippen LogP contribution < -0.4 is 16.4 Å². The van der Waals surface area contributed by atoms with Crippen molar-refractivity contribution in [2.24, 2.45) is 10.7 Å². The number of likely N-dealkylation sites (tertiary alicyclic amines) is 1. The summed E-state index contributed by atoms with van der Waals surface area (Å²) in [7, 11) is 0. The van der Waals surface area contributed by atoms with Gasteiger partial charge in [0, 0.05) is 34.4 Å². The van der Waals surface area contributed by atoms with Gasteiger partial charge in [0.15, 0.2) is 5.88 Å². The van der Waals surface area contributed by atoms with Crippen molar-refractivity contribution in [3.05, 3.63) is 156 Å². The van der Waals surface area contributed by atoms with E-state index in [0.29, 0.717) is 39.1 Å². The molecule has 262 valence electrons. The summed E-state index contributed by atoms with van der Waals surface area (Å²) < 4.78 is 0. The SMILES string of the molecule is NC(=O)C(Nc1ccccc1)C(C(=O)Nc1ccc2[nH]c(O)c(C(=Nc3ccc(CN4CCCCC4)cc3)c3ccccc3)c2c1)c1ccccc1. The van der Waals surface area contributed by atoms with Crippen LogP contribution >= 0.6 is 0 Å². The third-order valence-corrected chi connectivity index (χ3v) is 9.54. The lowest BCUT2D eigenvalue weighted by molar-refractivity contribution is -0.124. The number of para-hydroxylation sites is 1. The largest absolute Gasteiger partial charge is 0.494 e. The molecule has 7 rings (SSSR count). The molecule has 0 bridgehead atoms. The first-order valence-corrected chi connectivity index (χ1v) is 17.7. The number of amides is 2. The van der Waals surface area contributed by atoms with Crippen molar-refractivity contribution in [1.82, 2.24) is 9.88 Å². The number of aromatic nitrogens is 1. The molecule has 1 aliphatic rings. The van der Waals surface area contributed by atoms with Gasteiger partial charge < -0.3 is 26.5 Å². The van der Waals surface area contributed by atoms with Gasteiger partial charge in [0.25, 0.3) is 0 Å². The highest BCUT2D eigenvalue weighted by Crippen LogP contribution is 2.34. The smallest absolute Gasteiger partial charge is 0.241 e. The summed E-state index contributed by atoms with van der Waals surface area (Å²) >= 11 is 0. The molecule has 2 atom stereocenters. The van der Waals surface area contributed by atoms with Crippen molar-refractivity contribution < 1.29 is 14.7 Å². The summed E-state index contributed by atoms with van der Waals surface area (Å²) in [5.41, 5.74) is 12.3. The molecular weight excluding hydrogens is 649 g/mol. The number of benzene rings is 5. The number of nitrogens with two attached hydrogens (primary N) is 1. The van der Waals surface area contributed by atoms with Gasteiger partial charge in [0.2, 0.25) is 11.8 Å². The Balaban J connectivity index is 1.23. The van der Waals surface area contributed by atoms with Crippen molar-refractivity contribution in [2.45, 2.75) is 37.8 Å². The molecule has 52 heavy (non-hydrogen) atoms. The Bertz CT molecular complexity index is 2160. The van der Waals surface area contributed by atoms with E-state index < -0.39 is 23.8 Å². The van der Waals surface area contributed by atoms with Crippen molar-refractivity contribution in [3.8, 4) is 5.88 Å². The molecule has 0 spiro atoms. The summed E-state index contributed by atoms with van der Waals surface area (Å²) in [5, 5.41) is 18.2. The van der Waals surface area contributed by atoms with E-state index in [4.69, 9.17) is 10.7 Å². The van der Waals surface area contributed by atoms with Crippen LogP contribution in [0.25, 0.3) is 10.9 Å². The van der Waals surface area contributed by atoms with Gasteiger partial charge in [0.05, 0.1) is 22.9 Å². The molecule has 1 aromatic heterocycles. The molecule has 2 heterocycles. The first kappa shape index (κ1) is 34.3. The molecule has 2 amide bonds. The number of aliphatic imine (C=N–C) groups is 1. The van der Waals surface area contributed by atoms with Crippen LogP contribution in [-0.4, -0.2) is 51.6 Å². The van der Waals surface area contributed by atoms with E-state index in [2.05, 4.69) is 32.7 Å². The summed E-state index contributed by atoms with van der Waals surface area (Å²) in [5.74, 6) is -2.07. The normalized spacial score (nSPS) is 14.8. The fourth-order valence-corrected chi connectivity index (χ4v) is 6.94. The van der Waals surface area contributed by atoms with Crippen LogP contribution in [0.1, 0.15) is 47.4 Å². The topological polar surface area (TPSA) is 136 Å². The number of piperidine rings is 1. The Morgan fingerprint density at radius 1 is 0.788 bits per heavy atom. The standard InChI is InChI=1S/C43H42N6O3/c44-41(50)40(46-32-17-9-3-10-18-32)37(30-13-5-1-6-14-30)42(51)47-34-23-24-36-35(27-34)38(43(52)48-36)39(31-15-7-2-8-16-31)45-33-21-19-29(20-22-33)28-49-25-11-4-12-26-49/h1-3,5-10,13-24,27,37,40,46,48,52H,4,11-12,25-26,28H2,(H2,44,50)(H,47,51). The summed E-state index contributed by atoms with van der Waals surface area (Å²) in [6.07, 6.45) is 3.79. The monoisotopic (exact) mass is 690 g/mol. The molecule has 0 radical (unpaired) electrons. The van der Waals surface area contributed by atoms with Crippen LogP contribution in [0.15, 0.2) is 138 Å². The number of nitrogens with one attached hydrogen (secondary N) is 3. The van der Waals surface area contributed by atoms with E-state index in [1.807, 2.05) is 97.1 Å². The maximum atomic E-state index is 14.2. The summed E-state index contributed by atoms with van der Waals surface area (Å²) in [4.78, 5) is 37.8. The quantitative estimate of drug-likeness (QED) is 0.0839. The maximum Gasteiger partial charge on any atom is 0.241 e. The van der Waals surface area contributed by atoms with Crippen LogP contribution in [-0.2, 0) is 16.1 Å². The van der Waals surface area contributed by atoms with Crippen LogP contribution in [0, 0.1) is 0 Å². The number of hydrogen-bond donors (Lipinski definition) is 5. The second-order valence-electron chi connectivity index (χ2n) is 13.2. The number of carbonyl (C=O) groups is 2. The zero-order valence-corrected chi connectivity index (χ0v) is 28.8. The molecule has 0 aliphatic carbocycles. The molecule has 1 aliphatic heterocycles. The fourth-order valence-electron chi connectivity index (χ4n) is 6.94. The molecule has 6 aromatic rings. The molecule has 0 saturated carbocycles. The van der Waals surface area contributed by atoms with Gasteiger partial charge in [-0.3, -0.25) is 14.5 Å². The zero-order valence-electron chi connectivity index (χ0n) is 28.8. The van der Waals surface area contributed by atoms with Crippen molar-refractivity contribution in [1.29, 1.82) is 0 Å². The van der Waals surface area contributed by atoms with Gasteiger partial charge >= 0.3 is 0 Å². The van der Waals surface area contributed by atoms with E-state index >= 15 is 0 Å². The molecule has 1 saturated heterocycles.